The van der Waals surface area contributed by atoms with E-state index in [-0.39, 0.29) is 6.10 Å². The van der Waals surface area contributed by atoms with Crippen molar-refractivity contribution in [2.75, 3.05) is 6.61 Å². The van der Waals surface area contributed by atoms with E-state index in [1.807, 2.05) is 12.1 Å². The molecule has 2 heterocycles. The summed E-state index contributed by atoms with van der Waals surface area (Å²) in [6, 6.07) is 3.92. The van der Waals surface area contributed by atoms with Gasteiger partial charge in [-0.3, -0.25) is 4.98 Å². The Morgan fingerprint density at radius 2 is 2.23 bits per heavy atom. The first-order chi connectivity index (χ1) is 6.36. The highest BCUT2D eigenvalue weighted by molar-refractivity contribution is 8.00. The summed E-state index contributed by atoms with van der Waals surface area (Å²) in [6.45, 7) is 0.713. The van der Waals surface area contributed by atoms with Crippen molar-refractivity contribution in [2.45, 2.75) is 12.5 Å². The molecule has 70 valence electrons. The molecule has 0 saturated carbocycles. The molecule has 13 heavy (non-hydrogen) atoms. The van der Waals surface area contributed by atoms with Crippen molar-refractivity contribution in [2.24, 2.45) is 0 Å². The maximum absolute atomic E-state index is 5.54. The van der Waals surface area contributed by atoms with Crippen molar-refractivity contribution in [3.63, 3.8) is 0 Å². The Kier molecular flexibility index (Phi) is 3.06. The Hall–Kier alpha value is -0.280. The van der Waals surface area contributed by atoms with E-state index >= 15 is 0 Å². The standard InChI is InChI=1S/C8H10NO2PS/c13-12-10-6-3-8(11-12)7-1-4-9-5-2-7/h1-2,4-5,8,12H,3,6H2/t8-/m0/s1. The summed E-state index contributed by atoms with van der Waals surface area (Å²) in [7, 11) is -1.43. The summed E-state index contributed by atoms with van der Waals surface area (Å²) in [5.74, 6) is 0. The molecule has 0 radical (unpaired) electrons. The van der Waals surface area contributed by atoms with Crippen molar-refractivity contribution in [3.05, 3.63) is 30.1 Å². The molecule has 1 aromatic heterocycles. The summed E-state index contributed by atoms with van der Waals surface area (Å²) >= 11 is 5.01. The third kappa shape index (κ3) is 2.35. The van der Waals surface area contributed by atoms with E-state index < -0.39 is 7.15 Å². The highest BCUT2D eigenvalue weighted by atomic mass is 32.4. The van der Waals surface area contributed by atoms with Gasteiger partial charge in [0.05, 0.1) is 12.7 Å². The molecule has 1 aliphatic heterocycles. The van der Waals surface area contributed by atoms with E-state index in [0.717, 1.165) is 12.0 Å². The Morgan fingerprint density at radius 1 is 1.46 bits per heavy atom. The molecule has 1 saturated heterocycles. The molecule has 2 atom stereocenters. The molecule has 1 aliphatic rings. The zero-order chi connectivity index (χ0) is 9.10. The van der Waals surface area contributed by atoms with Gasteiger partial charge in [-0.25, -0.2) is 0 Å². The lowest BCUT2D eigenvalue weighted by atomic mass is 10.1. The van der Waals surface area contributed by atoms with Crippen molar-refractivity contribution in [3.8, 4) is 0 Å². The zero-order valence-electron chi connectivity index (χ0n) is 6.97. The topological polar surface area (TPSA) is 31.4 Å². The second-order valence-corrected chi connectivity index (χ2v) is 4.80. The molecule has 0 aliphatic carbocycles. The van der Waals surface area contributed by atoms with Gasteiger partial charge in [0.25, 0.3) is 0 Å². The van der Waals surface area contributed by atoms with Gasteiger partial charge >= 0.3 is 0 Å². The number of pyridine rings is 1. The van der Waals surface area contributed by atoms with E-state index in [2.05, 4.69) is 4.98 Å². The van der Waals surface area contributed by atoms with Crippen molar-refractivity contribution < 1.29 is 9.05 Å². The fraction of sp³-hybridized carbons (Fsp3) is 0.375. The van der Waals surface area contributed by atoms with Crippen molar-refractivity contribution in [1.82, 2.24) is 4.98 Å². The smallest absolute Gasteiger partial charge is 0.176 e. The van der Waals surface area contributed by atoms with Gasteiger partial charge in [-0.05, 0) is 29.5 Å². The molecule has 0 amide bonds. The van der Waals surface area contributed by atoms with E-state index in [1.54, 1.807) is 12.4 Å². The first-order valence-corrected chi connectivity index (χ1v) is 6.54. The summed E-state index contributed by atoms with van der Waals surface area (Å²) in [5.41, 5.74) is 1.14. The minimum Gasteiger partial charge on any atom is -0.331 e. The largest absolute Gasteiger partial charge is 0.331 e. The monoisotopic (exact) mass is 215 g/mol. The average molecular weight is 215 g/mol. The van der Waals surface area contributed by atoms with E-state index in [1.165, 1.54) is 0 Å². The Balaban J connectivity index is 2.13. The summed E-state index contributed by atoms with van der Waals surface area (Å²) in [4.78, 5) is 3.95. The maximum Gasteiger partial charge on any atom is 0.176 e. The molecular formula is C8H10NO2PS. The molecule has 5 heteroatoms. The molecule has 1 fully saturated rings. The van der Waals surface area contributed by atoms with E-state index in [9.17, 15) is 0 Å². The average Bonchev–Trinajstić information content (AvgIpc) is 2.19. The van der Waals surface area contributed by atoms with Gasteiger partial charge in [-0.15, -0.1) is 0 Å². The van der Waals surface area contributed by atoms with Gasteiger partial charge in [0.1, 0.15) is 0 Å². The molecule has 0 bridgehead atoms. The van der Waals surface area contributed by atoms with Gasteiger partial charge in [0.15, 0.2) is 7.15 Å². The van der Waals surface area contributed by atoms with Crippen LogP contribution in [0.15, 0.2) is 24.5 Å². The highest BCUT2D eigenvalue weighted by Gasteiger charge is 2.18. The second-order valence-electron chi connectivity index (χ2n) is 2.77. The molecule has 1 unspecified atom stereocenters. The molecule has 3 nitrogen and oxygen atoms in total. The van der Waals surface area contributed by atoms with Crippen molar-refractivity contribution in [1.29, 1.82) is 0 Å². The summed E-state index contributed by atoms with van der Waals surface area (Å²) < 4.78 is 10.7. The Labute approximate surface area is 82.7 Å². The Morgan fingerprint density at radius 3 is 2.92 bits per heavy atom. The summed E-state index contributed by atoms with van der Waals surface area (Å²) in [5, 5.41) is 0. The van der Waals surface area contributed by atoms with Crippen LogP contribution in [-0.2, 0) is 20.9 Å². The molecule has 0 N–H and O–H groups in total. The molecular weight excluding hydrogens is 205 g/mol. The normalized spacial score (nSPS) is 28.6. The van der Waals surface area contributed by atoms with Crippen LogP contribution in [0.5, 0.6) is 0 Å². The predicted molar refractivity (Wildman–Crippen MR) is 54.3 cm³/mol. The lowest BCUT2D eigenvalue weighted by Crippen LogP contribution is -2.08. The maximum atomic E-state index is 5.54. The van der Waals surface area contributed by atoms with Crippen LogP contribution in [0, 0.1) is 0 Å². The number of rotatable bonds is 1. The number of hydrogen-bond acceptors (Lipinski definition) is 4. The number of hydrogen-bond donors (Lipinski definition) is 0. The molecule has 0 spiro atoms. The lowest BCUT2D eigenvalue weighted by Gasteiger charge is -2.24. The quantitative estimate of drug-likeness (QED) is 0.671. The van der Waals surface area contributed by atoms with Crippen LogP contribution in [0.2, 0.25) is 0 Å². The third-order valence-electron chi connectivity index (χ3n) is 1.92. The minimum atomic E-state index is -1.43. The van der Waals surface area contributed by atoms with Crippen molar-refractivity contribution >= 4 is 19.0 Å². The molecule has 2 rings (SSSR count). The molecule has 1 aromatic rings. The van der Waals surface area contributed by atoms with Gasteiger partial charge in [-0.2, -0.15) is 0 Å². The van der Waals surface area contributed by atoms with Crippen LogP contribution in [0.1, 0.15) is 18.1 Å². The zero-order valence-corrected chi connectivity index (χ0v) is 8.79. The van der Waals surface area contributed by atoms with Crippen LogP contribution in [0.25, 0.3) is 0 Å². The fourth-order valence-electron chi connectivity index (χ4n) is 1.27. The van der Waals surface area contributed by atoms with Gasteiger partial charge in [-0.1, -0.05) is 0 Å². The van der Waals surface area contributed by atoms with Gasteiger partial charge < -0.3 is 9.05 Å². The summed E-state index contributed by atoms with van der Waals surface area (Å²) in [6.07, 6.45) is 4.53. The fourth-order valence-corrected chi connectivity index (χ4v) is 2.71. The van der Waals surface area contributed by atoms with Crippen LogP contribution >= 0.6 is 7.15 Å². The predicted octanol–water partition coefficient (Wildman–Crippen LogP) is 2.07. The molecule has 0 aromatic carbocycles. The SMILES string of the molecule is S=[PH]1OCC[C@@H](c2ccncc2)O1. The minimum absolute atomic E-state index is 0.114. The van der Waals surface area contributed by atoms with Crippen LogP contribution in [0.4, 0.5) is 0 Å². The first-order valence-electron chi connectivity index (χ1n) is 4.09. The Bertz CT molecular complexity index is 306. The van der Waals surface area contributed by atoms with Gasteiger partial charge in [0, 0.05) is 18.8 Å². The third-order valence-corrected chi connectivity index (χ3v) is 3.48. The van der Waals surface area contributed by atoms with Gasteiger partial charge in [0.2, 0.25) is 0 Å². The lowest BCUT2D eigenvalue weighted by molar-refractivity contribution is 0.119. The highest BCUT2D eigenvalue weighted by Crippen LogP contribution is 2.39. The van der Waals surface area contributed by atoms with Crippen LogP contribution < -0.4 is 0 Å². The second kappa shape index (κ2) is 4.29. The first kappa shape index (κ1) is 9.28. The number of aromatic nitrogens is 1. The van der Waals surface area contributed by atoms with E-state index in [0.29, 0.717) is 6.61 Å². The number of nitrogens with zero attached hydrogens (tertiary/aromatic N) is 1. The van der Waals surface area contributed by atoms with Crippen LogP contribution in [-0.4, -0.2) is 11.6 Å². The van der Waals surface area contributed by atoms with Crippen LogP contribution in [0.3, 0.4) is 0 Å². The van der Waals surface area contributed by atoms with E-state index in [4.69, 9.17) is 20.9 Å².